The van der Waals surface area contributed by atoms with Crippen LogP contribution in [0.1, 0.15) is 36.5 Å². The number of carbonyl (C=O) groups excluding carboxylic acids is 1. The Morgan fingerprint density at radius 3 is 2.82 bits per heavy atom. The summed E-state index contributed by atoms with van der Waals surface area (Å²) in [7, 11) is 1.73. The fourth-order valence-electron chi connectivity index (χ4n) is 8.03. The number of ketones is 1. The maximum absolute atomic E-state index is 12.9. The molecule has 1 N–H and O–H groups in total. The zero-order chi connectivity index (χ0) is 22.4. The average Bonchev–Trinajstić information content (AvgIpc) is 3.20. The van der Waals surface area contributed by atoms with Gasteiger partial charge >= 0.3 is 0 Å². The molecule has 0 unspecified atom stereocenters. The van der Waals surface area contributed by atoms with E-state index in [2.05, 4.69) is 41.7 Å². The summed E-state index contributed by atoms with van der Waals surface area (Å²) in [6.45, 7) is 3.14. The normalized spacial score (nSPS) is 38.5. The van der Waals surface area contributed by atoms with Gasteiger partial charge in [-0.1, -0.05) is 48.6 Å². The molecule has 2 aliphatic heterocycles. The molecule has 1 saturated heterocycles. The summed E-state index contributed by atoms with van der Waals surface area (Å²) in [6, 6.07) is 14.8. The van der Waals surface area contributed by atoms with Gasteiger partial charge in [0.25, 0.3) is 0 Å². The number of hydrogen-bond acceptors (Lipinski definition) is 5. The lowest BCUT2D eigenvalue weighted by Crippen LogP contribution is -2.79. The summed E-state index contributed by atoms with van der Waals surface area (Å²) < 4.78 is 19.5. The molecule has 170 valence electrons. The van der Waals surface area contributed by atoms with Gasteiger partial charge in [0.2, 0.25) is 0 Å². The number of Topliss-reactive ketones (excluding diaryl/α,β-unsaturated/α-hetero) is 1. The van der Waals surface area contributed by atoms with Crippen molar-refractivity contribution in [1.29, 1.82) is 0 Å². The molecule has 1 saturated carbocycles. The number of methoxy groups -OCH3 is 1. The largest absolute Gasteiger partial charge is 0.485 e. The molecule has 6 atom stereocenters. The predicted octanol–water partition coefficient (Wildman–Crippen LogP) is 3.73. The van der Waals surface area contributed by atoms with Crippen LogP contribution in [0.4, 0.5) is 0 Å². The van der Waals surface area contributed by atoms with Crippen LogP contribution in [0.2, 0.25) is 0 Å². The van der Waals surface area contributed by atoms with Gasteiger partial charge in [-0.25, -0.2) is 0 Å². The van der Waals surface area contributed by atoms with Gasteiger partial charge in [0.05, 0.1) is 11.3 Å². The molecule has 0 amide bonds. The number of ether oxygens (including phenoxy) is 3. The zero-order valence-corrected chi connectivity index (χ0v) is 19.1. The van der Waals surface area contributed by atoms with E-state index in [1.54, 1.807) is 14.0 Å². The molecule has 2 heterocycles. The molecule has 5 nitrogen and oxygen atoms in total. The van der Waals surface area contributed by atoms with Crippen molar-refractivity contribution < 1.29 is 19.0 Å². The second-order valence-corrected chi connectivity index (χ2v) is 10.4. The highest BCUT2D eigenvalue weighted by Crippen LogP contribution is 2.73. The van der Waals surface area contributed by atoms with Gasteiger partial charge in [0.1, 0.15) is 24.1 Å². The van der Waals surface area contributed by atoms with Crippen LogP contribution >= 0.6 is 0 Å². The molecule has 4 bridgehead atoms. The van der Waals surface area contributed by atoms with Gasteiger partial charge in [0, 0.05) is 24.1 Å². The van der Waals surface area contributed by atoms with Gasteiger partial charge in [0.15, 0.2) is 11.5 Å². The van der Waals surface area contributed by atoms with E-state index < -0.39 is 5.60 Å². The monoisotopic (exact) mass is 443 g/mol. The van der Waals surface area contributed by atoms with Crippen molar-refractivity contribution >= 4 is 5.78 Å². The molecule has 2 fully saturated rings. The van der Waals surface area contributed by atoms with Crippen LogP contribution in [0.25, 0.3) is 0 Å². The predicted molar refractivity (Wildman–Crippen MR) is 124 cm³/mol. The third kappa shape index (κ3) is 2.18. The van der Waals surface area contributed by atoms with Crippen LogP contribution in [-0.4, -0.2) is 37.2 Å². The number of hydrogen-bond donors (Lipinski definition) is 1. The van der Waals surface area contributed by atoms with Crippen molar-refractivity contribution in [2.24, 2.45) is 11.3 Å². The number of rotatable bonds is 5. The van der Waals surface area contributed by atoms with Gasteiger partial charge < -0.3 is 19.5 Å². The quantitative estimate of drug-likeness (QED) is 0.714. The van der Waals surface area contributed by atoms with Crippen molar-refractivity contribution in [3.05, 3.63) is 71.3 Å². The van der Waals surface area contributed by atoms with Gasteiger partial charge in [-0.05, 0) is 49.9 Å². The first kappa shape index (κ1) is 19.8. The van der Waals surface area contributed by atoms with E-state index in [1.807, 2.05) is 18.2 Å². The third-order valence-electron chi connectivity index (χ3n) is 9.34. The Bertz CT molecular complexity index is 1190. The molecular formula is C28H29NO4. The van der Waals surface area contributed by atoms with Gasteiger partial charge in [-0.2, -0.15) is 0 Å². The summed E-state index contributed by atoms with van der Waals surface area (Å²) >= 11 is 0. The van der Waals surface area contributed by atoms with Crippen LogP contribution in [-0.2, 0) is 28.0 Å². The van der Waals surface area contributed by atoms with Gasteiger partial charge in [-0.3, -0.25) is 4.79 Å². The zero-order valence-electron chi connectivity index (χ0n) is 19.1. The maximum atomic E-state index is 12.9. The number of piperidine rings is 1. The van der Waals surface area contributed by atoms with Crippen LogP contribution in [0, 0.1) is 11.3 Å². The van der Waals surface area contributed by atoms with Crippen molar-refractivity contribution in [3.8, 4) is 11.5 Å². The summed E-state index contributed by atoms with van der Waals surface area (Å²) in [5.41, 5.74) is 2.68. The maximum Gasteiger partial charge on any atom is 0.166 e. The van der Waals surface area contributed by atoms with E-state index in [9.17, 15) is 4.79 Å². The van der Waals surface area contributed by atoms with E-state index in [0.29, 0.717) is 12.6 Å². The molecule has 4 aliphatic carbocycles. The first-order valence-electron chi connectivity index (χ1n) is 12.0. The highest BCUT2D eigenvalue weighted by atomic mass is 16.6. The highest BCUT2D eigenvalue weighted by Gasteiger charge is 2.78. The lowest BCUT2D eigenvalue weighted by atomic mass is 9.37. The first-order valence-corrected chi connectivity index (χ1v) is 12.0. The first-order chi connectivity index (χ1) is 16.1. The molecule has 5 heteroatoms. The smallest absolute Gasteiger partial charge is 0.166 e. The number of nitrogens with one attached hydrogen (secondary N) is 1. The molecule has 8 rings (SSSR count). The molecule has 2 spiro atoms. The Morgan fingerprint density at radius 2 is 2.03 bits per heavy atom. The van der Waals surface area contributed by atoms with Crippen LogP contribution in [0.3, 0.4) is 0 Å². The molecule has 2 aromatic rings. The van der Waals surface area contributed by atoms with Crippen molar-refractivity contribution in [1.82, 2.24) is 5.32 Å². The van der Waals surface area contributed by atoms with E-state index in [0.717, 1.165) is 42.9 Å². The minimum Gasteiger partial charge on any atom is -0.485 e. The highest BCUT2D eigenvalue weighted by molar-refractivity contribution is 5.82. The van der Waals surface area contributed by atoms with E-state index in [-0.39, 0.29) is 28.6 Å². The molecule has 0 aromatic heterocycles. The molecule has 2 aromatic carbocycles. The van der Waals surface area contributed by atoms with Gasteiger partial charge in [-0.15, -0.1) is 0 Å². The second kappa shape index (κ2) is 6.49. The summed E-state index contributed by atoms with van der Waals surface area (Å²) in [6.07, 6.45) is 7.01. The Hall–Kier alpha value is -2.63. The Labute approximate surface area is 194 Å². The summed E-state index contributed by atoms with van der Waals surface area (Å²) in [5, 5.41) is 3.81. The van der Waals surface area contributed by atoms with E-state index >= 15 is 0 Å². The average molecular weight is 444 g/mol. The number of fused-ring (bicyclic) bond motifs is 1. The SMILES string of the molecule is CO[C@]12C=C[C@@]3(C[C@@H]1C(C)=O)[C@H]1Cc4ccc(OCc5ccccc5)c5c4[C@@]3(CCN1)[C@H]2O5. The van der Waals surface area contributed by atoms with Crippen LogP contribution in [0.5, 0.6) is 11.5 Å². The Morgan fingerprint density at radius 1 is 1.18 bits per heavy atom. The van der Waals surface area contributed by atoms with Crippen molar-refractivity contribution in [2.45, 2.75) is 56.0 Å². The fraction of sp³-hybridized carbons (Fsp3) is 0.464. The number of benzene rings is 2. The lowest BCUT2D eigenvalue weighted by molar-refractivity contribution is -0.200. The third-order valence-corrected chi connectivity index (χ3v) is 9.34. The molecule has 0 radical (unpaired) electrons. The summed E-state index contributed by atoms with van der Waals surface area (Å²) in [4.78, 5) is 12.9. The number of carbonyl (C=O) groups is 1. The van der Waals surface area contributed by atoms with Crippen molar-refractivity contribution in [2.75, 3.05) is 13.7 Å². The topological polar surface area (TPSA) is 56.8 Å². The summed E-state index contributed by atoms with van der Waals surface area (Å²) in [5.74, 6) is 1.63. The Balaban J connectivity index is 1.41. The van der Waals surface area contributed by atoms with E-state index in [4.69, 9.17) is 14.2 Å². The lowest BCUT2D eigenvalue weighted by Gasteiger charge is -2.69. The minimum absolute atomic E-state index is 0.150. The fourth-order valence-corrected chi connectivity index (χ4v) is 8.03. The van der Waals surface area contributed by atoms with Crippen molar-refractivity contribution in [3.63, 3.8) is 0 Å². The molecule has 33 heavy (non-hydrogen) atoms. The molecular weight excluding hydrogens is 414 g/mol. The molecule has 6 aliphatic rings. The Kier molecular flexibility index (Phi) is 3.89. The standard InChI is InChI=1S/C28H29NO4/c1-17(30)20-15-26-10-11-28(20,31-2)25-27(26)12-13-29-22(26)14-19-8-9-21(24(33-25)23(19)27)32-16-18-6-4-3-5-7-18/h3-11,20,22,25,29H,12-16H2,1-2H3/t20-,22-,25-,26-,27+,28-/m1/s1. The minimum atomic E-state index is -0.750. The van der Waals surface area contributed by atoms with Crippen LogP contribution < -0.4 is 14.8 Å². The second-order valence-electron chi connectivity index (χ2n) is 10.4. The van der Waals surface area contributed by atoms with Crippen LogP contribution in [0.15, 0.2) is 54.6 Å². The van der Waals surface area contributed by atoms with E-state index in [1.165, 1.54) is 11.1 Å².